The molecular weight excluding hydrogens is 324 g/mol. The van der Waals surface area contributed by atoms with E-state index in [1.54, 1.807) is 4.90 Å². The lowest BCUT2D eigenvalue weighted by Crippen LogP contribution is -2.43. The topological polar surface area (TPSA) is 70.2 Å². The third-order valence-electron chi connectivity index (χ3n) is 4.24. The zero-order valence-corrected chi connectivity index (χ0v) is 14.0. The second kappa shape index (κ2) is 5.28. The maximum Gasteiger partial charge on any atom is 0.240 e. The Morgan fingerprint density at radius 3 is 2.82 bits per heavy atom. The van der Waals surface area contributed by atoms with Crippen LogP contribution in [0.4, 0.5) is 0 Å². The van der Waals surface area contributed by atoms with Crippen molar-refractivity contribution in [2.45, 2.75) is 25.1 Å². The summed E-state index contributed by atoms with van der Waals surface area (Å²) < 4.78 is 23.2. The van der Waals surface area contributed by atoms with Crippen molar-refractivity contribution in [3.8, 4) is 0 Å². The number of rotatable bonds is 2. The average molecular weight is 341 g/mol. The zero-order valence-electron chi connectivity index (χ0n) is 12.4. The normalized spacial score (nSPS) is 16.6. The average Bonchev–Trinajstić information content (AvgIpc) is 2.82. The molecule has 0 spiro atoms. The number of halogens is 1. The van der Waals surface area contributed by atoms with Crippen molar-refractivity contribution in [3.63, 3.8) is 0 Å². The minimum absolute atomic E-state index is 0.343. The molecular formula is C15H17ClN2O3S. The molecule has 1 unspecified atom stereocenters. The van der Waals surface area contributed by atoms with Gasteiger partial charge >= 0.3 is 0 Å². The van der Waals surface area contributed by atoms with Gasteiger partial charge in [-0.2, -0.15) is 0 Å². The van der Waals surface area contributed by atoms with E-state index < -0.39 is 15.1 Å². The van der Waals surface area contributed by atoms with Gasteiger partial charge in [-0.15, -0.1) is 0 Å². The summed E-state index contributed by atoms with van der Waals surface area (Å²) in [6, 6.07) is 5.61. The summed E-state index contributed by atoms with van der Waals surface area (Å²) in [6.45, 7) is 2.37. The number of nitrogens with one attached hydrogen (secondary N) is 1. The van der Waals surface area contributed by atoms with Crippen molar-refractivity contribution in [1.29, 1.82) is 0 Å². The molecule has 0 fully saturated rings. The van der Waals surface area contributed by atoms with E-state index in [0.29, 0.717) is 24.5 Å². The van der Waals surface area contributed by atoms with Crippen molar-refractivity contribution < 1.29 is 13.2 Å². The Labute approximate surface area is 134 Å². The number of fused-ring (bicyclic) bond motifs is 3. The largest absolute Gasteiger partial charge is 0.358 e. The summed E-state index contributed by atoms with van der Waals surface area (Å²) in [5.74, 6) is -0.343. The number of hydrogen-bond donors (Lipinski definition) is 1. The number of aromatic nitrogens is 1. The molecule has 1 aliphatic heterocycles. The van der Waals surface area contributed by atoms with Crippen LogP contribution in [-0.4, -0.2) is 42.3 Å². The molecule has 1 N–H and O–H groups in total. The quantitative estimate of drug-likeness (QED) is 0.910. The summed E-state index contributed by atoms with van der Waals surface area (Å²) in [7, 11) is -3.38. The minimum Gasteiger partial charge on any atom is -0.358 e. The Morgan fingerprint density at radius 2 is 2.14 bits per heavy atom. The summed E-state index contributed by atoms with van der Waals surface area (Å²) in [5, 5.41) is 0.622. The Kier molecular flexibility index (Phi) is 3.69. The first-order chi connectivity index (χ1) is 10.3. The SMILES string of the molecule is CC(C(=O)N1CCc2[nH]c3ccc(Cl)cc3c2C1)S(C)(=O)=O. The van der Waals surface area contributed by atoms with Gasteiger partial charge in [0.1, 0.15) is 5.25 Å². The lowest BCUT2D eigenvalue weighted by Gasteiger charge is -2.29. The zero-order chi connectivity index (χ0) is 16.1. The van der Waals surface area contributed by atoms with E-state index in [2.05, 4.69) is 4.98 Å². The fourth-order valence-electron chi connectivity index (χ4n) is 2.81. The maximum atomic E-state index is 12.4. The van der Waals surface area contributed by atoms with Gasteiger partial charge in [0.25, 0.3) is 0 Å². The van der Waals surface area contributed by atoms with Crippen LogP contribution in [0.5, 0.6) is 0 Å². The highest BCUT2D eigenvalue weighted by atomic mass is 35.5. The maximum absolute atomic E-state index is 12.4. The smallest absolute Gasteiger partial charge is 0.240 e. The highest BCUT2D eigenvalue weighted by Crippen LogP contribution is 2.30. The molecule has 0 saturated carbocycles. The molecule has 1 amide bonds. The second-order valence-electron chi connectivity index (χ2n) is 5.75. The molecule has 5 nitrogen and oxygen atoms in total. The monoisotopic (exact) mass is 340 g/mol. The van der Waals surface area contributed by atoms with Crippen LogP contribution in [-0.2, 0) is 27.6 Å². The fraction of sp³-hybridized carbons (Fsp3) is 0.400. The number of benzene rings is 1. The van der Waals surface area contributed by atoms with Crippen molar-refractivity contribution in [2.75, 3.05) is 12.8 Å². The van der Waals surface area contributed by atoms with Gasteiger partial charge in [-0.25, -0.2) is 8.42 Å². The first-order valence-corrected chi connectivity index (χ1v) is 9.37. The molecule has 2 aromatic rings. The highest BCUT2D eigenvalue weighted by molar-refractivity contribution is 7.92. The lowest BCUT2D eigenvalue weighted by atomic mass is 10.0. The van der Waals surface area contributed by atoms with Gasteiger partial charge < -0.3 is 9.88 Å². The number of nitrogens with zero attached hydrogens (tertiary/aromatic N) is 1. The van der Waals surface area contributed by atoms with Gasteiger partial charge in [0, 0.05) is 52.9 Å². The summed E-state index contributed by atoms with van der Waals surface area (Å²) in [4.78, 5) is 17.4. The number of H-pyrrole nitrogens is 1. The summed E-state index contributed by atoms with van der Waals surface area (Å²) >= 11 is 6.05. The number of sulfone groups is 1. The first kappa shape index (κ1) is 15.4. The molecule has 1 aromatic heterocycles. The predicted molar refractivity (Wildman–Crippen MR) is 86.7 cm³/mol. The summed E-state index contributed by atoms with van der Waals surface area (Å²) in [6.07, 6.45) is 1.78. The Morgan fingerprint density at radius 1 is 1.41 bits per heavy atom. The number of hydrogen-bond acceptors (Lipinski definition) is 3. The minimum atomic E-state index is -3.38. The van der Waals surface area contributed by atoms with Crippen molar-refractivity contribution in [3.05, 3.63) is 34.5 Å². The number of aromatic amines is 1. The van der Waals surface area contributed by atoms with Crippen LogP contribution in [0.2, 0.25) is 5.02 Å². The van der Waals surface area contributed by atoms with Crippen molar-refractivity contribution >= 4 is 38.2 Å². The van der Waals surface area contributed by atoms with Gasteiger partial charge in [0.05, 0.1) is 0 Å². The van der Waals surface area contributed by atoms with Crippen LogP contribution < -0.4 is 0 Å². The number of carbonyl (C=O) groups is 1. The molecule has 0 bridgehead atoms. The second-order valence-corrected chi connectivity index (χ2v) is 8.56. The van der Waals surface area contributed by atoms with Crippen LogP contribution >= 0.6 is 11.6 Å². The van der Waals surface area contributed by atoms with Gasteiger partial charge in [0.15, 0.2) is 9.84 Å². The molecule has 118 valence electrons. The van der Waals surface area contributed by atoms with E-state index in [9.17, 15) is 13.2 Å². The molecule has 0 aliphatic carbocycles. The Balaban J connectivity index is 1.95. The number of amides is 1. The molecule has 3 rings (SSSR count). The van der Waals surface area contributed by atoms with Crippen molar-refractivity contribution in [1.82, 2.24) is 9.88 Å². The molecule has 2 heterocycles. The van der Waals surface area contributed by atoms with E-state index in [4.69, 9.17) is 11.6 Å². The third kappa shape index (κ3) is 2.61. The molecule has 7 heteroatoms. The molecule has 1 atom stereocenters. The van der Waals surface area contributed by atoms with E-state index in [-0.39, 0.29) is 5.91 Å². The van der Waals surface area contributed by atoms with Crippen LogP contribution in [0.3, 0.4) is 0 Å². The van der Waals surface area contributed by atoms with E-state index in [0.717, 1.165) is 28.4 Å². The van der Waals surface area contributed by atoms with Crippen molar-refractivity contribution in [2.24, 2.45) is 0 Å². The molecule has 0 saturated heterocycles. The molecule has 22 heavy (non-hydrogen) atoms. The molecule has 0 radical (unpaired) electrons. The highest BCUT2D eigenvalue weighted by Gasteiger charge is 2.31. The van der Waals surface area contributed by atoms with E-state index >= 15 is 0 Å². The molecule has 1 aliphatic rings. The standard InChI is InChI=1S/C15H17ClN2O3S/c1-9(22(2,20)21)15(19)18-6-5-14-12(8-18)11-7-10(16)3-4-13(11)17-14/h3-4,7,9,17H,5-6,8H2,1-2H3. The van der Waals surface area contributed by atoms with Crippen LogP contribution in [0, 0.1) is 0 Å². The lowest BCUT2D eigenvalue weighted by molar-refractivity contribution is -0.131. The first-order valence-electron chi connectivity index (χ1n) is 7.04. The van der Waals surface area contributed by atoms with Gasteiger partial charge in [-0.3, -0.25) is 4.79 Å². The number of carbonyl (C=O) groups excluding carboxylic acids is 1. The van der Waals surface area contributed by atoms with Crippen LogP contribution in [0.15, 0.2) is 18.2 Å². The van der Waals surface area contributed by atoms with Gasteiger partial charge in [-0.1, -0.05) is 11.6 Å². The van der Waals surface area contributed by atoms with Gasteiger partial charge in [-0.05, 0) is 25.1 Å². The van der Waals surface area contributed by atoms with E-state index in [1.807, 2.05) is 18.2 Å². The third-order valence-corrected chi connectivity index (χ3v) is 5.96. The Hall–Kier alpha value is -1.53. The van der Waals surface area contributed by atoms with Crippen LogP contribution in [0.1, 0.15) is 18.2 Å². The summed E-state index contributed by atoms with van der Waals surface area (Å²) in [5.41, 5.74) is 3.10. The Bertz CT molecular complexity index is 857. The predicted octanol–water partition coefficient (Wildman–Crippen LogP) is 2.14. The fourth-order valence-corrected chi connectivity index (χ4v) is 3.50. The molecule has 1 aromatic carbocycles. The van der Waals surface area contributed by atoms with Gasteiger partial charge in [0.2, 0.25) is 5.91 Å². The van der Waals surface area contributed by atoms with Crippen LogP contribution in [0.25, 0.3) is 10.9 Å². The van der Waals surface area contributed by atoms with E-state index in [1.165, 1.54) is 6.92 Å².